The highest BCUT2D eigenvalue weighted by Gasteiger charge is 2.31. The number of hydrogen-bond donors (Lipinski definition) is 1. The third-order valence-electron chi connectivity index (χ3n) is 3.60. The fourth-order valence-electron chi connectivity index (χ4n) is 2.54. The summed E-state index contributed by atoms with van der Waals surface area (Å²) < 4.78 is 47.4. The summed E-state index contributed by atoms with van der Waals surface area (Å²) in [5.41, 5.74) is 8.00. The largest absolute Gasteiger partial charge is 0.573 e. The van der Waals surface area contributed by atoms with E-state index in [0.717, 1.165) is 11.6 Å². The first kappa shape index (κ1) is 17.7. The molecular formula is C20H16F3NO2. The van der Waals surface area contributed by atoms with Gasteiger partial charge in [0.25, 0.3) is 0 Å². The topological polar surface area (TPSA) is 44.5 Å². The van der Waals surface area contributed by atoms with Crippen molar-refractivity contribution in [3.8, 4) is 22.6 Å². The van der Waals surface area contributed by atoms with Gasteiger partial charge in [0.1, 0.15) is 18.1 Å². The molecule has 3 nitrogen and oxygen atoms in total. The number of nitrogen functional groups attached to an aromatic ring is 1. The van der Waals surface area contributed by atoms with Gasteiger partial charge >= 0.3 is 6.36 Å². The number of benzene rings is 3. The predicted molar refractivity (Wildman–Crippen MR) is 93.7 cm³/mol. The van der Waals surface area contributed by atoms with Crippen molar-refractivity contribution in [3.05, 3.63) is 78.4 Å². The molecule has 0 heterocycles. The zero-order valence-corrected chi connectivity index (χ0v) is 13.7. The number of halogens is 3. The molecule has 3 aromatic rings. The summed E-state index contributed by atoms with van der Waals surface area (Å²) in [6, 6.07) is 20.7. The van der Waals surface area contributed by atoms with Gasteiger partial charge in [-0.25, -0.2) is 0 Å². The molecule has 6 heteroatoms. The quantitative estimate of drug-likeness (QED) is 0.619. The van der Waals surface area contributed by atoms with Crippen LogP contribution in [0.4, 0.5) is 18.9 Å². The molecule has 3 aromatic carbocycles. The first-order chi connectivity index (χ1) is 12.4. The molecule has 0 aliphatic heterocycles. The van der Waals surface area contributed by atoms with Crippen LogP contribution < -0.4 is 15.2 Å². The van der Waals surface area contributed by atoms with Gasteiger partial charge in [-0.05, 0) is 29.3 Å². The molecule has 2 N–H and O–H groups in total. The van der Waals surface area contributed by atoms with Crippen LogP contribution in [0.15, 0.2) is 72.8 Å². The molecule has 0 bridgehead atoms. The van der Waals surface area contributed by atoms with E-state index >= 15 is 0 Å². The lowest BCUT2D eigenvalue weighted by Gasteiger charge is -2.14. The molecule has 0 aromatic heterocycles. The second-order valence-corrected chi connectivity index (χ2v) is 5.61. The van der Waals surface area contributed by atoms with Crippen LogP contribution in [0.2, 0.25) is 0 Å². The van der Waals surface area contributed by atoms with Crippen molar-refractivity contribution < 1.29 is 22.6 Å². The number of hydrogen-bond acceptors (Lipinski definition) is 3. The van der Waals surface area contributed by atoms with Gasteiger partial charge in [0, 0.05) is 17.3 Å². The van der Waals surface area contributed by atoms with Crippen LogP contribution in [-0.2, 0) is 6.61 Å². The molecule has 0 unspecified atom stereocenters. The van der Waals surface area contributed by atoms with Crippen molar-refractivity contribution in [2.24, 2.45) is 0 Å². The smallest absolute Gasteiger partial charge is 0.488 e. The van der Waals surface area contributed by atoms with Crippen LogP contribution in [0.1, 0.15) is 5.56 Å². The van der Waals surface area contributed by atoms with Crippen molar-refractivity contribution in [2.75, 3.05) is 5.73 Å². The van der Waals surface area contributed by atoms with Crippen molar-refractivity contribution in [1.82, 2.24) is 0 Å². The minimum absolute atomic E-state index is 0.166. The van der Waals surface area contributed by atoms with Crippen LogP contribution >= 0.6 is 0 Å². The van der Waals surface area contributed by atoms with Gasteiger partial charge in [0.15, 0.2) is 0 Å². The second-order valence-electron chi connectivity index (χ2n) is 5.61. The van der Waals surface area contributed by atoms with E-state index in [-0.39, 0.29) is 11.4 Å². The molecule has 0 atom stereocenters. The SMILES string of the molecule is Nc1cc(OC(F)(F)F)cc(-c2ccccc2OCc2ccccc2)c1. The van der Waals surface area contributed by atoms with Crippen LogP contribution in [0.3, 0.4) is 0 Å². The summed E-state index contributed by atoms with van der Waals surface area (Å²) in [5, 5.41) is 0. The molecular weight excluding hydrogens is 343 g/mol. The maximum atomic E-state index is 12.5. The summed E-state index contributed by atoms with van der Waals surface area (Å²) in [6.07, 6.45) is -4.78. The van der Waals surface area contributed by atoms with E-state index < -0.39 is 6.36 Å². The first-order valence-corrected chi connectivity index (χ1v) is 7.83. The summed E-state index contributed by atoms with van der Waals surface area (Å²) >= 11 is 0. The fourth-order valence-corrected chi connectivity index (χ4v) is 2.54. The number of rotatable bonds is 5. The first-order valence-electron chi connectivity index (χ1n) is 7.83. The summed E-state index contributed by atoms with van der Waals surface area (Å²) in [7, 11) is 0. The Hall–Kier alpha value is -3.15. The van der Waals surface area contributed by atoms with Gasteiger partial charge in [-0.3, -0.25) is 0 Å². The highest BCUT2D eigenvalue weighted by Crippen LogP contribution is 2.35. The number of ether oxygens (including phenoxy) is 2. The van der Waals surface area contributed by atoms with E-state index in [1.54, 1.807) is 30.3 Å². The van der Waals surface area contributed by atoms with E-state index in [2.05, 4.69) is 4.74 Å². The van der Waals surface area contributed by atoms with Crippen molar-refractivity contribution >= 4 is 5.69 Å². The van der Waals surface area contributed by atoms with Gasteiger partial charge in [0.05, 0.1) is 0 Å². The Morgan fingerprint density at radius 3 is 2.27 bits per heavy atom. The van der Waals surface area contributed by atoms with E-state index in [9.17, 15) is 13.2 Å². The Balaban J connectivity index is 1.89. The van der Waals surface area contributed by atoms with Gasteiger partial charge in [-0.2, -0.15) is 0 Å². The van der Waals surface area contributed by atoms with Crippen LogP contribution in [0, 0.1) is 0 Å². The number of nitrogens with two attached hydrogens (primary N) is 1. The summed E-state index contributed by atoms with van der Waals surface area (Å²) in [6.45, 7) is 0.339. The lowest BCUT2D eigenvalue weighted by Crippen LogP contribution is -2.17. The zero-order chi connectivity index (χ0) is 18.6. The van der Waals surface area contributed by atoms with Crippen molar-refractivity contribution in [3.63, 3.8) is 0 Å². The maximum Gasteiger partial charge on any atom is 0.573 e. The van der Waals surface area contributed by atoms with Crippen LogP contribution in [-0.4, -0.2) is 6.36 Å². The Bertz CT molecular complexity index is 880. The minimum atomic E-state index is -4.78. The van der Waals surface area contributed by atoms with E-state index in [1.165, 1.54) is 6.07 Å². The molecule has 26 heavy (non-hydrogen) atoms. The molecule has 0 amide bonds. The molecule has 0 spiro atoms. The Morgan fingerprint density at radius 2 is 1.54 bits per heavy atom. The van der Waals surface area contributed by atoms with E-state index in [4.69, 9.17) is 10.5 Å². The fraction of sp³-hybridized carbons (Fsp3) is 0.100. The molecule has 0 aliphatic rings. The van der Waals surface area contributed by atoms with Gasteiger partial charge in [0.2, 0.25) is 0 Å². The third-order valence-corrected chi connectivity index (χ3v) is 3.60. The minimum Gasteiger partial charge on any atom is -0.488 e. The molecule has 3 rings (SSSR count). The second kappa shape index (κ2) is 7.39. The average Bonchev–Trinajstić information content (AvgIpc) is 2.59. The average molecular weight is 359 g/mol. The molecule has 0 saturated heterocycles. The van der Waals surface area contributed by atoms with Crippen molar-refractivity contribution in [2.45, 2.75) is 13.0 Å². The normalized spacial score (nSPS) is 11.2. The number of para-hydroxylation sites is 1. The Morgan fingerprint density at radius 1 is 0.846 bits per heavy atom. The summed E-state index contributed by atoms with van der Waals surface area (Å²) in [5.74, 6) is 0.172. The molecule has 0 saturated carbocycles. The Kier molecular flexibility index (Phi) is 5.02. The third kappa shape index (κ3) is 4.69. The lowest BCUT2D eigenvalue weighted by atomic mass is 10.0. The van der Waals surface area contributed by atoms with Crippen LogP contribution in [0.5, 0.6) is 11.5 Å². The number of alkyl halides is 3. The lowest BCUT2D eigenvalue weighted by molar-refractivity contribution is -0.274. The molecule has 134 valence electrons. The predicted octanol–water partition coefficient (Wildman–Crippen LogP) is 5.41. The monoisotopic (exact) mass is 359 g/mol. The summed E-state index contributed by atoms with van der Waals surface area (Å²) in [4.78, 5) is 0. The molecule has 0 aliphatic carbocycles. The van der Waals surface area contributed by atoms with E-state index in [1.807, 2.05) is 30.3 Å². The van der Waals surface area contributed by atoms with Gasteiger partial charge in [-0.15, -0.1) is 13.2 Å². The van der Waals surface area contributed by atoms with Crippen molar-refractivity contribution in [1.29, 1.82) is 0 Å². The van der Waals surface area contributed by atoms with Gasteiger partial charge in [-0.1, -0.05) is 48.5 Å². The van der Waals surface area contributed by atoms with Gasteiger partial charge < -0.3 is 15.2 Å². The highest BCUT2D eigenvalue weighted by molar-refractivity contribution is 5.74. The Labute approximate surface area is 148 Å². The standard InChI is InChI=1S/C20H16F3NO2/c21-20(22,23)26-17-11-15(10-16(24)12-17)18-8-4-5-9-19(18)25-13-14-6-2-1-3-7-14/h1-12H,13,24H2. The zero-order valence-electron chi connectivity index (χ0n) is 13.7. The molecule has 0 fully saturated rings. The maximum absolute atomic E-state index is 12.5. The highest BCUT2D eigenvalue weighted by atomic mass is 19.4. The molecule has 0 radical (unpaired) electrons. The van der Waals surface area contributed by atoms with Crippen LogP contribution in [0.25, 0.3) is 11.1 Å². The van der Waals surface area contributed by atoms with E-state index in [0.29, 0.717) is 23.5 Å². The number of anilines is 1.